The third-order valence-electron chi connectivity index (χ3n) is 2.65. The van der Waals surface area contributed by atoms with Crippen LogP contribution in [0.1, 0.15) is 23.8 Å². The molecule has 0 radical (unpaired) electrons. The zero-order valence-corrected chi connectivity index (χ0v) is 11.7. The Kier molecular flexibility index (Phi) is 5.14. The van der Waals surface area contributed by atoms with Gasteiger partial charge in [-0.1, -0.05) is 24.3 Å². The molecule has 0 aliphatic rings. The molecule has 21 heavy (non-hydrogen) atoms. The van der Waals surface area contributed by atoms with Gasteiger partial charge in [0, 0.05) is 0 Å². The molecular weight excluding hydrogens is 274 g/mol. The average molecular weight is 291 g/mol. The molecule has 0 saturated carbocycles. The smallest absolute Gasteiger partial charge is 0.358 e. The minimum atomic E-state index is -1.10. The molecule has 1 aromatic heterocycles. The molecule has 0 fully saturated rings. The summed E-state index contributed by atoms with van der Waals surface area (Å²) >= 11 is 0. The van der Waals surface area contributed by atoms with Gasteiger partial charge in [0.2, 0.25) is 0 Å². The molecule has 1 N–H and O–H groups in total. The first-order chi connectivity index (χ1) is 10.2. The number of rotatable bonds is 8. The minimum Gasteiger partial charge on any atom is -0.490 e. The van der Waals surface area contributed by atoms with Crippen molar-refractivity contribution in [2.45, 2.75) is 19.9 Å². The van der Waals surface area contributed by atoms with E-state index in [1.54, 1.807) is 0 Å². The van der Waals surface area contributed by atoms with Crippen molar-refractivity contribution in [1.82, 2.24) is 15.0 Å². The van der Waals surface area contributed by atoms with Crippen molar-refractivity contribution < 1.29 is 19.4 Å². The average Bonchev–Trinajstić information content (AvgIpc) is 2.95. The quantitative estimate of drug-likeness (QED) is 0.798. The third kappa shape index (κ3) is 4.20. The lowest BCUT2D eigenvalue weighted by molar-refractivity contribution is 0.0690. The van der Waals surface area contributed by atoms with Crippen LogP contribution in [0.25, 0.3) is 0 Å². The fourth-order valence-electron chi connectivity index (χ4n) is 1.66. The molecule has 0 amide bonds. The summed E-state index contributed by atoms with van der Waals surface area (Å²) in [6.07, 6.45) is 2.29. The molecule has 2 rings (SSSR count). The molecule has 0 aliphatic heterocycles. The maximum atomic E-state index is 10.7. The molecule has 0 spiro atoms. The third-order valence-corrected chi connectivity index (χ3v) is 2.65. The highest BCUT2D eigenvalue weighted by Crippen LogP contribution is 2.26. The van der Waals surface area contributed by atoms with E-state index in [0.717, 1.165) is 6.42 Å². The molecule has 0 atom stereocenters. The zero-order chi connectivity index (χ0) is 15.1. The van der Waals surface area contributed by atoms with Crippen molar-refractivity contribution in [3.05, 3.63) is 36.2 Å². The highest BCUT2D eigenvalue weighted by atomic mass is 16.5. The second-order valence-corrected chi connectivity index (χ2v) is 4.32. The highest BCUT2D eigenvalue weighted by molar-refractivity contribution is 5.84. The number of carboxylic acids is 1. The van der Waals surface area contributed by atoms with Crippen LogP contribution in [0.3, 0.4) is 0 Å². The van der Waals surface area contributed by atoms with Gasteiger partial charge >= 0.3 is 5.97 Å². The van der Waals surface area contributed by atoms with Crippen molar-refractivity contribution in [3.63, 3.8) is 0 Å². The predicted octanol–water partition coefficient (Wildman–Crippen LogP) is 1.84. The maximum Gasteiger partial charge on any atom is 0.358 e. The Bertz CT molecular complexity index is 597. The number of benzene rings is 1. The molecule has 1 aromatic carbocycles. The van der Waals surface area contributed by atoms with E-state index in [4.69, 9.17) is 14.6 Å². The van der Waals surface area contributed by atoms with Crippen LogP contribution < -0.4 is 9.47 Å². The van der Waals surface area contributed by atoms with Crippen molar-refractivity contribution in [3.8, 4) is 11.5 Å². The molecular formula is C14H17N3O4. The van der Waals surface area contributed by atoms with Crippen LogP contribution in [-0.4, -0.2) is 39.3 Å². The highest BCUT2D eigenvalue weighted by Gasteiger charge is 2.08. The number of aromatic carboxylic acids is 1. The number of hydrogen-bond donors (Lipinski definition) is 1. The van der Waals surface area contributed by atoms with Crippen LogP contribution in [0, 0.1) is 0 Å². The topological polar surface area (TPSA) is 86.5 Å². The number of nitrogens with zero attached hydrogens (tertiary/aromatic N) is 3. The Morgan fingerprint density at radius 2 is 1.90 bits per heavy atom. The van der Waals surface area contributed by atoms with E-state index in [-0.39, 0.29) is 5.69 Å². The Morgan fingerprint density at radius 3 is 2.48 bits per heavy atom. The van der Waals surface area contributed by atoms with Crippen LogP contribution in [0.4, 0.5) is 0 Å². The molecule has 2 aromatic rings. The van der Waals surface area contributed by atoms with E-state index in [9.17, 15) is 4.79 Å². The van der Waals surface area contributed by atoms with E-state index in [1.165, 1.54) is 10.9 Å². The zero-order valence-electron chi connectivity index (χ0n) is 11.7. The summed E-state index contributed by atoms with van der Waals surface area (Å²) in [5, 5.41) is 16.0. The molecule has 7 nitrogen and oxygen atoms in total. The van der Waals surface area contributed by atoms with Crippen LogP contribution in [-0.2, 0) is 6.54 Å². The summed E-state index contributed by atoms with van der Waals surface area (Å²) in [5.74, 6) is 0.258. The van der Waals surface area contributed by atoms with Crippen LogP contribution in [0.2, 0.25) is 0 Å². The van der Waals surface area contributed by atoms with E-state index in [1.807, 2.05) is 31.2 Å². The number of carbonyl (C=O) groups is 1. The van der Waals surface area contributed by atoms with Gasteiger partial charge in [-0.05, 0) is 18.6 Å². The second kappa shape index (κ2) is 7.28. The number of hydrogen-bond acceptors (Lipinski definition) is 5. The Balaban J connectivity index is 1.89. The van der Waals surface area contributed by atoms with Gasteiger partial charge in [0.15, 0.2) is 17.2 Å². The molecule has 1 heterocycles. The van der Waals surface area contributed by atoms with Gasteiger partial charge in [0.25, 0.3) is 0 Å². The van der Waals surface area contributed by atoms with E-state index >= 15 is 0 Å². The van der Waals surface area contributed by atoms with E-state index < -0.39 is 5.97 Å². The minimum absolute atomic E-state index is 0.0818. The van der Waals surface area contributed by atoms with Crippen LogP contribution in [0.5, 0.6) is 11.5 Å². The SMILES string of the molecule is CCCOc1ccccc1OCCn1cc(C(=O)O)nn1. The summed E-state index contributed by atoms with van der Waals surface area (Å²) in [6, 6.07) is 7.43. The molecule has 0 aliphatic carbocycles. The second-order valence-electron chi connectivity index (χ2n) is 4.32. The number of para-hydroxylation sites is 2. The van der Waals surface area contributed by atoms with Gasteiger partial charge in [-0.15, -0.1) is 5.10 Å². The summed E-state index contributed by atoms with van der Waals surface area (Å²) in [5.41, 5.74) is -0.0818. The number of carboxylic acid groups (broad SMARTS) is 1. The lowest BCUT2D eigenvalue weighted by Crippen LogP contribution is -2.09. The van der Waals surface area contributed by atoms with Crippen LogP contribution in [0.15, 0.2) is 30.5 Å². The molecule has 0 bridgehead atoms. The van der Waals surface area contributed by atoms with E-state index in [0.29, 0.717) is 31.3 Å². The van der Waals surface area contributed by atoms with Gasteiger partial charge < -0.3 is 14.6 Å². The molecule has 0 saturated heterocycles. The monoisotopic (exact) mass is 291 g/mol. The van der Waals surface area contributed by atoms with Crippen molar-refractivity contribution in [2.24, 2.45) is 0 Å². The van der Waals surface area contributed by atoms with Gasteiger partial charge in [-0.2, -0.15) is 0 Å². The first-order valence-corrected chi connectivity index (χ1v) is 6.68. The van der Waals surface area contributed by atoms with Gasteiger partial charge in [-0.25, -0.2) is 9.48 Å². The maximum absolute atomic E-state index is 10.7. The summed E-state index contributed by atoms with van der Waals surface area (Å²) in [7, 11) is 0. The van der Waals surface area contributed by atoms with Crippen molar-refractivity contribution >= 4 is 5.97 Å². The summed E-state index contributed by atoms with van der Waals surface area (Å²) < 4.78 is 12.7. The molecule has 7 heteroatoms. The van der Waals surface area contributed by atoms with E-state index in [2.05, 4.69) is 10.3 Å². The van der Waals surface area contributed by atoms with Gasteiger partial charge in [-0.3, -0.25) is 0 Å². The number of ether oxygens (including phenoxy) is 2. The normalized spacial score (nSPS) is 10.3. The standard InChI is InChI=1S/C14H17N3O4/c1-2-8-20-12-5-3-4-6-13(12)21-9-7-17-10-11(14(18)19)15-16-17/h3-6,10H,2,7-9H2,1H3,(H,18,19). The lowest BCUT2D eigenvalue weighted by Gasteiger charge is -2.11. The molecule has 0 unspecified atom stereocenters. The number of aromatic nitrogens is 3. The Hall–Kier alpha value is -2.57. The van der Waals surface area contributed by atoms with Crippen LogP contribution >= 0.6 is 0 Å². The fourth-order valence-corrected chi connectivity index (χ4v) is 1.66. The summed E-state index contributed by atoms with van der Waals surface area (Å²) in [4.78, 5) is 10.7. The summed E-state index contributed by atoms with van der Waals surface area (Å²) in [6.45, 7) is 3.41. The first-order valence-electron chi connectivity index (χ1n) is 6.68. The fraction of sp³-hybridized carbons (Fsp3) is 0.357. The van der Waals surface area contributed by atoms with Crippen molar-refractivity contribution in [2.75, 3.05) is 13.2 Å². The Morgan fingerprint density at radius 1 is 1.24 bits per heavy atom. The van der Waals surface area contributed by atoms with Crippen molar-refractivity contribution in [1.29, 1.82) is 0 Å². The van der Waals surface area contributed by atoms with Gasteiger partial charge in [0.1, 0.15) is 6.61 Å². The lowest BCUT2D eigenvalue weighted by atomic mass is 10.3. The van der Waals surface area contributed by atoms with Gasteiger partial charge in [0.05, 0.1) is 19.3 Å². The molecule has 112 valence electrons. The predicted molar refractivity (Wildman–Crippen MR) is 74.7 cm³/mol. The first kappa shape index (κ1) is 14.8. The largest absolute Gasteiger partial charge is 0.490 e. The Labute approximate surface area is 122 Å².